The molecule has 0 aliphatic carbocycles. The highest BCUT2D eigenvalue weighted by Crippen LogP contribution is 2.40. The zero-order valence-electron chi connectivity index (χ0n) is 15.5. The van der Waals surface area contributed by atoms with Crippen LogP contribution in [0.25, 0.3) is 22.4 Å². The summed E-state index contributed by atoms with van der Waals surface area (Å²) in [4.78, 5) is 27.7. The second kappa shape index (κ2) is 6.62. The molecular weight excluding hydrogens is 375 g/mol. The van der Waals surface area contributed by atoms with Crippen molar-refractivity contribution in [2.45, 2.75) is 6.42 Å². The third kappa shape index (κ3) is 2.70. The minimum absolute atomic E-state index is 0.0686. The number of aromatic amines is 2. The average Bonchev–Trinajstić information content (AvgIpc) is 3.34. The number of benzene rings is 1. The number of aromatic nitrogens is 4. The molecule has 1 amide bonds. The van der Waals surface area contributed by atoms with Crippen molar-refractivity contribution < 1.29 is 13.9 Å². The summed E-state index contributed by atoms with van der Waals surface area (Å²) in [7, 11) is 1.40. The van der Waals surface area contributed by atoms with E-state index in [0.717, 1.165) is 11.1 Å². The van der Waals surface area contributed by atoms with E-state index in [1.165, 1.54) is 19.5 Å². The Labute approximate surface area is 164 Å². The lowest BCUT2D eigenvalue weighted by atomic mass is 10.1. The second-order valence-corrected chi connectivity index (χ2v) is 6.64. The lowest BCUT2D eigenvalue weighted by molar-refractivity contribution is 0.0947. The predicted molar refractivity (Wildman–Crippen MR) is 106 cm³/mol. The molecule has 0 saturated heterocycles. The molecule has 0 unspecified atom stereocenters. The Morgan fingerprint density at radius 1 is 1.24 bits per heavy atom. The number of nitrogens with one attached hydrogen (secondary N) is 4. The number of hydrogen-bond donors (Lipinski definition) is 4. The van der Waals surface area contributed by atoms with Crippen LogP contribution in [0.4, 0.5) is 15.8 Å². The van der Waals surface area contributed by atoms with Crippen LogP contribution in [0.2, 0.25) is 0 Å². The number of carbonyl (C=O) groups excluding carboxylic acids is 1. The topological polar surface area (TPSA) is 108 Å². The molecule has 0 saturated carbocycles. The van der Waals surface area contributed by atoms with Crippen molar-refractivity contribution in [2.75, 3.05) is 19.0 Å². The first-order valence-electron chi connectivity index (χ1n) is 9.08. The van der Waals surface area contributed by atoms with Gasteiger partial charge in [-0.25, -0.2) is 14.4 Å². The average molecular weight is 392 g/mol. The highest BCUT2D eigenvalue weighted by Gasteiger charge is 2.29. The summed E-state index contributed by atoms with van der Waals surface area (Å²) in [6.45, 7) is 0.540. The molecule has 0 atom stereocenters. The lowest BCUT2D eigenvalue weighted by Gasteiger charge is -2.16. The minimum Gasteiger partial charge on any atom is -0.492 e. The van der Waals surface area contributed by atoms with Gasteiger partial charge in [-0.05, 0) is 18.2 Å². The van der Waals surface area contributed by atoms with Gasteiger partial charge in [0.2, 0.25) is 0 Å². The summed E-state index contributed by atoms with van der Waals surface area (Å²) in [6, 6.07) is 6.46. The molecule has 4 N–H and O–H groups in total. The molecule has 0 bridgehead atoms. The van der Waals surface area contributed by atoms with E-state index in [2.05, 4.69) is 30.6 Å². The molecule has 9 heteroatoms. The SMILES string of the molecule is COc1c(F)cccc1Nc1c(-c2ncnc3[nH]ccc23)[nH]c2c1C(=O)NCC2. The Hall–Kier alpha value is -3.88. The molecule has 0 radical (unpaired) electrons. The fraction of sp³-hybridized carbons (Fsp3) is 0.150. The summed E-state index contributed by atoms with van der Waals surface area (Å²) in [5.74, 6) is -0.631. The van der Waals surface area contributed by atoms with E-state index in [9.17, 15) is 9.18 Å². The third-order valence-electron chi connectivity index (χ3n) is 4.99. The molecule has 29 heavy (non-hydrogen) atoms. The first kappa shape index (κ1) is 17.2. The Kier molecular flexibility index (Phi) is 3.94. The van der Waals surface area contributed by atoms with Crippen LogP contribution in [0.15, 0.2) is 36.8 Å². The number of para-hydroxylation sites is 1. The van der Waals surface area contributed by atoms with Gasteiger partial charge in [-0.1, -0.05) is 6.07 Å². The summed E-state index contributed by atoms with van der Waals surface area (Å²) in [5, 5.41) is 6.86. The number of fused-ring (bicyclic) bond motifs is 2. The smallest absolute Gasteiger partial charge is 0.255 e. The summed E-state index contributed by atoms with van der Waals surface area (Å²) in [5.41, 5.74) is 4.15. The molecule has 0 spiro atoms. The zero-order valence-corrected chi connectivity index (χ0v) is 15.5. The van der Waals surface area contributed by atoms with Crippen molar-refractivity contribution in [3.8, 4) is 17.1 Å². The molecule has 146 valence electrons. The molecule has 1 aliphatic rings. The largest absolute Gasteiger partial charge is 0.492 e. The van der Waals surface area contributed by atoms with Crippen molar-refractivity contribution >= 4 is 28.3 Å². The van der Waals surface area contributed by atoms with Gasteiger partial charge in [-0.2, -0.15) is 0 Å². The van der Waals surface area contributed by atoms with Gasteiger partial charge >= 0.3 is 0 Å². The van der Waals surface area contributed by atoms with Crippen LogP contribution in [-0.2, 0) is 6.42 Å². The molecule has 8 nitrogen and oxygen atoms in total. The van der Waals surface area contributed by atoms with Gasteiger partial charge in [0.25, 0.3) is 5.91 Å². The molecule has 4 aromatic rings. The first-order valence-corrected chi connectivity index (χ1v) is 9.08. The molecule has 3 aromatic heterocycles. The number of methoxy groups -OCH3 is 1. The van der Waals surface area contributed by atoms with Gasteiger partial charge in [0, 0.05) is 30.2 Å². The van der Waals surface area contributed by atoms with Crippen LogP contribution in [-0.4, -0.2) is 39.5 Å². The van der Waals surface area contributed by atoms with Crippen molar-refractivity contribution in [1.29, 1.82) is 0 Å². The van der Waals surface area contributed by atoms with E-state index < -0.39 is 5.82 Å². The summed E-state index contributed by atoms with van der Waals surface area (Å²) >= 11 is 0. The maximum atomic E-state index is 14.2. The Bertz CT molecular complexity index is 1250. The van der Waals surface area contributed by atoms with E-state index in [1.807, 2.05) is 6.07 Å². The maximum absolute atomic E-state index is 14.2. The van der Waals surface area contributed by atoms with Crippen LogP contribution in [0, 0.1) is 5.82 Å². The van der Waals surface area contributed by atoms with Crippen molar-refractivity contribution in [3.63, 3.8) is 0 Å². The highest BCUT2D eigenvalue weighted by molar-refractivity contribution is 6.07. The number of anilines is 2. The Morgan fingerprint density at radius 2 is 2.14 bits per heavy atom. The number of hydrogen-bond acceptors (Lipinski definition) is 5. The fourth-order valence-corrected chi connectivity index (χ4v) is 3.70. The summed E-state index contributed by atoms with van der Waals surface area (Å²) < 4.78 is 19.4. The van der Waals surface area contributed by atoms with Crippen LogP contribution in [0.1, 0.15) is 16.1 Å². The zero-order chi connectivity index (χ0) is 20.0. The van der Waals surface area contributed by atoms with E-state index in [-0.39, 0.29) is 11.7 Å². The van der Waals surface area contributed by atoms with E-state index in [0.29, 0.717) is 46.9 Å². The Morgan fingerprint density at radius 3 is 3.00 bits per heavy atom. The van der Waals surface area contributed by atoms with Gasteiger partial charge < -0.3 is 25.3 Å². The monoisotopic (exact) mass is 392 g/mol. The Balaban J connectivity index is 1.74. The van der Waals surface area contributed by atoms with E-state index in [4.69, 9.17) is 4.74 Å². The quantitative estimate of drug-likeness (QED) is 0.427. The normalized spacial score (nSPS) is 13.2. The van der Waals surface area contributed by atoms with E-state index in [1.54, 1.807) is 18.3 Å². The molecule has 4 heterocycles. The van der Waals surface area contributed by atoms with Crippen LogP contribution < -0.4 is 15.4 Å². The number of nitrogens with zero attached hydrogens (tertiary/aromatic N) is 2. The van der Waals surface area contributed by atoms with Gasteiger partial charge in [0.15, 0.2) is 11.6 Å². The first-order chi connectivity index (χ1) is 14.2. The molecular formula is C20H17FN6O2. The van der Waals surface area contributed by atoms with Crippen molar-refractivity contribution in [3.05, 3.63) is 53.9 Å². The van der Waals surface area contributed by atoms with Crippen LogP contribution in [0.5, 0.6) is 5.75 Å². The van der Waals surface area contributed by atoms with Gasteiger partial charge in [-0.15, -0.1) is 0 Å². The number of rotatable bonds is 4. The number of carbonyl (C=O) groups is 1. The van der Waals surface area contributed by atoms with E-state index >= 15 is 0 Å². The molecule has 1 aromatic carbocycles. The van der Waals surface area contributed by atoms with Crippen LogP contribution >= 0.6 is 0 Å². The number of ether oxygens (including phenoxy) is 1. The van der Waals surface area contributed by atoms with Gasteiger partial charge in [0.1, 0.15) is 17.7 Å². The molecule has 1 aliphatic heterocycles. The predicted octanol–water partition coefficient (Wildman–Crippen LogP) is 3.13. The molecule has 5 rings (SSSR count). The number of amides is 1. The van der Waals surface area contributed by atoms with Gasteiger partial charge in [-0.3, -0.25) is 4.79 Å². The maximum Gasteiger partial charge on any atom is 0.255 e. The standard InChI is InChI=1S/C20H17FN6O2/c1-29-18-11(21)3-2-4-13(18)27-16-14-12(6-8-23-20(14)28)26-17(16)15-10-5-7-22-19(10)25-9-24-15/h2-5,7,9,26-27H,6,8H2,1H3,(H,23,28)(H,22,24,25). The number of halogens is 1. The lowest BCUT2D eigenvalue weighted by Crippen LogP contribution is -2.31. The third-order valence-corrected chi connectivity index (χ3v) is 4.99. The fourth-order valence-electron chi connectivity index (χ4n) is 3.70. The minimum atomic E-state index is -0.497. The van der Waals surface area contributed by atoms with Gasteiger partial charge in [0.05, 0.1) is 29.7 Å². The summed E-state index contributed by atoms with van der Waals surface area (Å²) in [6.07, 6.45) is 3.89. The number of H-pyrrole nitrogens is 2. The second-order valence-electron chi connectivity index (χ2n) is 6.64. The highest BCUT2D eigenvalue weighted by atomic mass is 19.1. The van der Waals surface area contributed by atoms with Crippen molar-refractivity contribution in [1.82, 2.24) is 25.3 Å². The van der Waals surface area contributed by atoms with Crippen LogP contribution in [0.3, 0.4) is 0 Å². The molecule has 0 fully saturated rings. The van der Waals surface area contributed by atoms with Crippen molar-refractivity contribution in [2.24, 2.45) is 0 Å².